The Morgan fingerprint density at radius 2 is 1.52 bits per heavy atom. The normalized spacial score (nSPS) is 15.0. The molecule has 3 rings (SSSR count). The van der Waals surface area contributed by atoms with Crippen LogP contribution < -0.4 is 18.9 Å². The van der Waals surface area contributed by atoms with Crippen LogP contribution in [0.4, 0.5) is 4.39 Å². The molecule has 2 aromatic rings. The quantitative estimate of drug-likeness (QED) is 0.676. The van der Waals surface area contributed by atoms with Crippen molar-refractivity contribution in [2.75, 3.05) is 28.4 Å². The molecule has 0 saturated carbocycles. The molecule has 164 valence electrons. The summed E-state index contributed by atoms with van der Waals surface area (Å²) in [5, 5.41) is 9.61. The average Bonchev–Trinajstić information content (AvgIpc) is 3.01. The summed E-state index contributed by atoms with van der Waals surface area (Å²) >= 11 is 0. The van der Waals surface area contributed by atoms with Gasteiger partial charge in [0.05, 0.1) is 34.4 Å². The molecule has 0 saturated heterocycles. The molecule has 0 aliphatic heterocycles. The molecule has 0 radical (unpaired) electrons. The minimum atomic E-state index is -0.981. The van der Waals surface area contributed by atoms with Gasteiger partial charge in [0.1, 0.15) is 0 Å². The van der Waals surface area contributed by atoms with Crippen molar-refractivity contribution < 1.29 is 33.2 Å². The molecule has 1 aliphatic carbocycles. The van der Waals surface area contributed by atoms with E-state index >= 15 is 0 Å². The van der Waals surface area contributed by atoms with Gasteiger partial charge in [0.15, 0.2) is 23.1 Å². The van der Waals surface area contributed by atoms with Gasteiger partial charge in [-0.2, -0.15) is 0 Å². The molecular formula is C24H25FO6. The van der Waals surface area contributed by atoms with Crippen LogP contribution in [0.2, 0.25) is 0 Å². The predicted molar refractivity (Wildman–Crippen MR) is 116 cm³/mol. The first kappa shape index (κ1) is 22.2. The van der Waals surface area contributed by atoms with Crippen LogP contribution in [0.25, 0.3) is 17.2 Å². The summed E-state index contributed by atoms with van der Waals surface area (Å²) in [5.74, 6) is -0.795. The highest BCUT2D eigenvalue weighted by molar-refractivity contribution is 6.08. The highest BCUT2D eigenvalue weighted by Gasteiger charge is 2.32. The van der Waals surface area contributed by atoms with Crippen LogP contribution in [0.3, 0.4) is 0 Å². The summed E-state index contributed by atoms with van der Waals surface area (Å²) < 4.78 is 35.9. The second-order valence-corrected chi connectivity index (χ2v) is 7.15. The van der Waals surface area contributed by atoms with Gasteiger partial charge in [0.2, 0.25) is 5.75 Å². The molecule has 1 aliphatic rings. The zero-order valence-corrected chi connectivity index (χ0v) is 18.3. The van der Waals surface area contributed by atoms with E-state index in [1.807, 2.05) is 13.0 Å². The summed E-state index contributed by atoms with van der Waals surface area (Å²) in [5.41, 5.74) is 4.10. The van der Waals surface area contributed by atoms with E-state index in [1.54, 1.807) is 25.1 Å². The van der Waals surface area contributed by atoms with E-state index in [-0.39, 0.29) is 5.75 Å². The van der Waals surface area contributed by atoms with Crippen molar-refractivity contribution in [3.05, 3.63) is 52.3 Å². The molecule has 0 spiro atoms. The fourth-order valence-corrected chi connectivity index (χ4v) is 3.92. The number of carbonyl (C=O) groups is 1. The van der Waals surface area contributed by atoms with Crippen LogP contribution in [0, 0.1) is 11.7 Å². The summed E-state index contributed by atoms with van der Waals surface area (Å²) in [6, 6.07) is 6.52. The third kappa shape index (κ3) is 3.83. The van der Waals surface area contributed by atoms with Crippen molar-refractivity contribution in [1.29, 1.82) is 0 Å². The molecule has 0 amide bonds. The molecular weight excluding hydrogens is 403 g/mol. The molecule has 0 bridgehead atoms. The number of carboxylic acids is 1. The predicted octanol–water partition coefficient (Wildman–Crippen LogP) is 4.91. The molecule has 1 atom stereocenters. The van der Waals surface area contributed by atoms with Crippen LogP contribution in [-0.4, -0.2) is 39.5 Å². The number of aliphatic carboxylic acids is 1. The van der Waals surface area contributed by atoms with E-state index in [9.17, 15) is 14.3 Å². The second-order valence-electron chi connectivity index (χ2n) is 7.15. The zero-order chi connectivity index (χ0) is 22.9. The largest absolute Gasteiger partial charge is 0.494 e. The third-order valence-electron chi connectivity index (χ3n) is 5.48. The Labute approximate surface area is 180 Å². The summed E-state index contributed by atoms with van der Waals surface area (Å²) in [7, 11) is 5.98. The maximum atomic E-state index is 14.5. The van der Waals surface area contributed by atoms with Gasteiger partial charge in [-0.05, 0) is 77.6 Å². The molecule has 1 N–H and O–H groups in total. The molecule has 6 nitrogen and oxygen atoms in total. The van der Waals surface area contributed by atoms with Gasteiger partial charge in [0, 0.05) is 0 Å². The smallest absolute Gasteiger partial charge is 0.310 e. The van der Waals surface area contributed by atoms with E-state index in [4.69, 9.17) is 18.9 Å². The third-order valence-corrected chi connectivity index (χ3v) is 5.48. The Morgan fingerprint density at radius 1 is 0.935 bits per heavy atom. The van der Waals surface area contributed by atoms with Gasteiger partial charge < -0.3 is 24.1 Å². The summed E-state index contributed by atoms with van der Waals surface area (Å²) in [6.07, 6.45) is 1.89. The molecule has 2 aromatic carbocycles. The first-order valence-corrected chi connectivity index (χ1v) is 9.61. The van der Waals surface area contributed by atoms with Crippen molar-refractivity contribution in [3.63, 3.8) is 0 Å². The topological polar surface area (TPSA) is 74.2 Å². The number of hydrogen-bond acceptors (Lipinski definition) is 5. The highest BCUT2D eigenvalue weighted by Crippen LogP contribution is 2.48. The van der Waals surface area contributed by atoms with E-state index in [1.165, 1.54) is 34.5 Å². The van der Waals surface area contributed by atoms with Crippen molar-refractivity contribution in [2.45, 2.75) is 13.8 Å². The van der Waals surface area contributed by atoms with Crippen molar-refractivity contribution in [2.24, 2.45) is 5.92 Å². The molecule has 0 aromatic heterocycles. The van der Waals surface area contributed by atoms with Crippen LogP contribution in [0.1, 0.15) is 30.5 Å². The Hall–Kier alpha value is -3.48. The van der Waals surface area contributed by atoms with Gasteiger partial charge in [-0.15, -0.1) is 0 Å². The van der Waals surface area contributed by atoms with Gasteiger partial charge in [0.25, 0.3) is 0 Å². The van der Waals surface area contributed by atoms with Crippen LogP contribution in [-0.2, 0) is 4.79 Å². The lowest BCUT2D eigenvalue weighted by atomic mass is 9.93. The zero-order valence-electron chi connectivity index (χ0n) is 18.3. The van der Waals surface area contributed by atoms with Gasteiger partial charge >= 0.3 is 5.97 Å². The first-order chi connectivity index (χ1) is 14.8. The Morgan fingerprint density at radius 3 is 2.00 bits per heavy atom. The fraction of sp³-hybridized carbons (Fsp3) is 0.292. The number of halogens is 1. The lowest BCUT2D eigenvalue weighted by Gasteiger charge is -2.14. The van der Waals surface area contributed by atoms with Crippen molar-refractivity contribution in [1.82, 2.24) is 0 Å². The number of rotatable bonds is 7. The van der Waals surface area contributed by atoms with E-state index in [0.29, 0.717) is 33.9 Å². The number of fused-ring (bicyclic) bond motifs is 1. The van der Waals surface area contributed by atoms with Crippen molar-refractivity contribution >= 4 is 23.2 Å². The molecule has 0 heterocycles. The molecule has 7 heteroatoms. The monoisotopic (exact) mass is 428 g/mol. The standard InChI is InChI=1S/C24H25FO6/c1-12-15(7-14-8-20(29-4)23(31-6)21(9-14)30-5)16-11-19(28-3)18(25)10-17(16)22(12)13(2)24(26)27/h7-11,13H,1-6H3,(H,26,27). The number of hydrogen-bond donors (Lipinski definition) is 1. The summed E-state index contributed by atoms with van der Waals surface area (Å²) in [4.78, 5) is 11.7. The highest BCUT2D eigenvalue weighted by atomic mass is 19.1. The lowest BCUT2D eigenvalue weighted by molar-refractivity contribution is -0.139. The average molecular weight is 428 g/mol. The maximum Gasteiger partial charge on any atom is 0.310 e. The maximum absolute atomic E-state index is 14.5. The molecule has 31 heavy (non-hydrogen) atoms. The fourth-order valence-electron chi connectivity index (χ4n) is 3.92. The number of carboxylic acid groups (broad SMARTS) is 1. The van der Waals surface area contributed by atoms with Gasteiger partial charge in [-0.3, -0.25) is 4.79 Å². The summed E-state index contributed by atoms with van der Waals surface area (Å²) in [6.45, 7) is 3.43. The lowest BCUT2D eigenvalue weighted by Crippen LogP contribution is -2.11. The first-order valence-electron chi connectivity index (χ1n) is 9.61. The van der Waals surface area contributed by atoms with Gasteiger partial charge in [-0.1, -0.05) is 0 Å². The van der Waals surface area contributed by atoms with E-state index < -0.39 is 17.7 Å². The second kappa shape index (κ2) is 8.71. The minimum absolute atomic E-state index is 0.0894. The van der Waals surface area contributed by atoms with E-state index in [0.717, 1.165) is 16.7 Å². The molecule has 1 unspecified atom stereocenters. The number of benzene rings is 2. The minimum Gasteiger partial charge on any atom is -0.494 e. The number of ether oxygens (including phenoxy) is 4. The van der Waals surface area contributed by atoms with E-state index in [2.05, 4.69) is 0 Å². The SMILES string of the molecule is COc1cc2c(cc1F)C(C(C)C(=O)O)=C(C)C2=Cc1cc(OC)c(OC)c(OC)c1. The Kier molecular flexibility index (Phi) is 6.24. The Balaban J connectivity index is 2.28. The van der Waals surface area contributed by atoms with Crippen LogP contribution in [0.15, 0.2) is 29.8 Å². The van der Waals surface area contributed by atoms with Crippen LogP contribution >= 0.6 is 0 Å². The van der Waals surface area contributed by atoms with Crippen LogP contribution in [0.5, 0.6) is 23.0 Å². The molecule has 0 fully saturated rings. The van der Waals surface area contributed by atoms with Gasteiger partial charge in [-0.25, -0.2) is 4.39 Å². The van der Waals surface area contributed by atoms with Crippen molar-refractivity contribution in [3.8, 4) is 23.0 Å². The Bertz CT molecular complexity index is 1070. The number of methoxy groups -OCH3 is 4. The number of allylic oxidation sites excluding steroid dienone is 2.